The molecule has 1 aliphatic rings. The van der Waals surface area contributed by atoms with Gasteiger partial charge in [-0.2, -0.15) is 4.31 Å². The first-order valence-corrected chi connectivity index (χ1v) is 8.68. The molecule has 6 nitrogen and oxygen atoms in total. The van der Waals surface area contributed by atoms with Gasteiger partial charge in [0.1, 0.15) is 11.9 Å². The number of hydrogen-bond donors (Lipinski definition) is 0. The molecule has 1 atom stereocenters. The van der Waals surface area contributed by atoms with Gasteiger partial charge in [0.25, 0.3) is 0 Å². The van der Waals surface area contributed by atoms with Crippen LogP contribution in [-0.4, -0.2) is 63.1 Å². The Hall–Kier alpha value is -1.51. The van der Waals surface area contributed by atoms with Gasteiger partial charge in [0.15, 0.2) is 0 Å². The van der Waals surface area contributed by atoms with Crippen LogP contribution in [0.1, 0.15) is 11.7 Å². The lowest BCUT2D eigenvalue weighted by atomic mass is 10.1. The molecule has 0 aliphatic carbocycles. The molecule has 1 fully saturated rings. The van der Waals surface area contributed by atoms with Crippen molar-refractivity contribution in [3.63, 3.8) is 0 Å². The van der Waals surface area contributed by atoms with Crippen molar-refractivity contribution >= 4 is 15.9 Å². The molecule has 1 amide bonds. The fourth-order valence-electron chi connectivity index (χ4n) is 2.16. The zero-order valence-electron chi connectivity index (χ0n) is 12.5. The molecule has 2 rings (SSSR count). The summed E-state index contributed by atoms with van der Waals surface area (Å²) in [6.45, 7) is 0.890. The first-order valence-electron chi connectivity index (χ1n) is 6.83. The summed E-state index contributed by atoms with van der Waals surface area (Å²) in [4.78, 5) is 13.8. The number of benzene rings is 1. The third-order valence-electron chi connectivity index (χ3n) is 3.59. The standard InChI is InChI=1S/C14H19FN2O4S/c1-16(22(2,19)20)10-14(18)17-7-8-21-13(9-17)11-3-5-12(15)6-4-11/h3-6,13H,7-10H2,1-2H3/t13-/m0/s1. The number of nitrogens with zero attached hydrogens (tertiary/aromatic N) is 2. The molecule has 1 heterocycles. The second-order valence-corrected chi connectivity index (χ2v) is 7.36. The van der Waals surface area contributed by atoms with Crippen molar-refractivity contribution in [1.29, 1.82) is 0 Å². The van der Waals surface area contributed by atoms with Crippen LogP contribution in [0.3, 0.4) is 0 Å². The maximum Gasteiger partial charge on any atom is 0.238 e. The van der Waals surface area contributed by atoms with Crippen molar-refractivity contribution in [1.82, 2.24) is 9.21 Å². The van der Waals surface area contributed by atoms with Gasteiger partial charge in [-0.3, -0.25) is 4.79 Å². The minimum Gasteiger partial charge on any atom is -0.370 e. The number of morpholine rings is 1. The number of halogens is 1. The van der Waals surface area contributed by atoms with Crippen LogP contribution in [0.4, 0.5) is 4.39 Å². The van der Waals surface area contributed by atoms with Crippen LogP contribution in [-0.2, 0) is 19.6 Å². The summed E-state index contributed by atoms with van der Waals surface area (Å²) in [7, 11) is -2.03. The molecule has 8 heteroatoms. The van der Waals surface area contributed by atoms with Gasteiger partial charge in [0.2, 0.25) is 15.9 Å². The second kappa shape index (κ2) is 6.72. The topological polar surface area (TPSA) is 66.9 Å². The van der Waals surface area contributed by atoms with Crippen molar-refractivity contribution < 1.29 is 22.3 Å². The van der Waals surface area contributed by atoms with Crippen molar-refractivity contribution in [2.45, 2.75) is 6.10 Å². The van der Waals surface area contributed by atoms with E-state index in [0.717, 1.165) is 16.1 Å². The molecule has 0 unspecified atom stereocenters. The van der Waals surface area contributed by atoms with Crippen molar-refractivity contribution in [3.8, 4) is 0 Å². The number of amides is 1. The van der Waals surface area contributed by atoms with E-state index in [4.69, 9.17) is 4.74 Å². The van der Waals surface area contributed by atoms with E-state index in [0.29, 0.717) is 19.7 Å². The van der Waals surface area contributed by atoms with E-state index < -0.39 is 10.0 Å². The summed E-state index contributed by atoms with van der Waals surface area (Å²) in [6, 6.07) is 5.93. The summed E-state index contributed by atoms with van der Waals surface area (Å²) >= 11 is 0. The van der Waals surface area contributed by atoms with Crippen molar-refractivity contribution in [3.05, 3.63) is 35.6 Å². The van der Waals surface area contributed by atoms with E-state index in [1.807, 2.05) is 0 Å². The summed E-state index contributed by atoms with van der Waals surface area (Å²) in [5.74, 6) is -0.606. The third kappa shape index (κ3) is 4.25. The third-order valence-corrected chi connectivity index (χ3v) is 4.85. The molecule has 1 aromatic carbocycles. The molecule has 22 heavy (non-hydrogen) atoms. The zero-order valence-corrected chi connectivity index (χ0v) is 13.3. The molecular formula is C14H19FN2O4S. The quantitative estimate of drug-likeness (QED) is 0.812. The molecule has 0 bridgehead atoms. The maximum atomic E-state index is 12.9. The highest BCUT2D eigenvalue weighted by Gasteiger charge is 2.27. The van der Waals surface area contributed by atoms with Crippen LogP contribution in [0.25, 0.3) is 0 Å². The van der Waals surface area contributed by atoms with Crippen LogP contribution in [0, 0.1) is 5.82 Å². The van der Waals surface area contributed by atoms with Gasteiger partial charge >= 0.3 is 0 Å². The molecule has 0 spiro atoms. The molecule has 1 saturated heterocycles. The Morgan fingerprint density at radius 3 is 2.64 bits per heavy atom. The molecule has 0 radical (unpaired) electrons. The van der Waals surface area contributed by atoms with Gasteiger partial charge in [-0.1, -0.05) is 12.1 Å². The highest BCUT2D eigenvalue weighted by atomic mass is 32.2. The molecule has 122 valence electrons. The van der Waals surface area contributed by atoms with E-state index in [1.54, 1.807) is 17.0 Å². The fourth-order valence-corrected chi connectivity index (χ4v) is 2.51. The average Bonchev–Trinajstić information content (AvgIpc) is 2.47. The largest absolute Gasteiger partial charge is 0.370 e. The predicted octanol–water partition coefficient (Wildman–Crippen LogP) is 0.617. The van der Waals surface area contributed by atoms with Gasteiger partial charge in [-0.25, -0.2) is 12.8 Å². The number of carbonyl (C=O) groups is 1. The van der Waals surface area contributed by atoms with Crippen LogP contribution >= 0.6 is 0 Å². The smallest absolute Gasteiger partial charge is 0.238 e. The molecule has 1 aromatic rings. The number of carbonyl (C=O) groups excluding carboxylic acids is 1. The normalized spacial score (nSPS) is 19.5. The van der Waals surface area contributed by atoms with E-state index in [9.17, 15) is 17.6 Å². The van der Waals surface area contributed by atoms with E-state index >= 15 is 0 Å². The second-order valence-electron chi connectivity index (χ2n) is 5.27. The lowest BCUT2D eigenvalue weighted by molar-refractivity contribution is -0.139. The molecular weight excluding hydrogens is 311 g/mol. The Morgan fingerprint density at radius 2 is 2.05 bits per heavy atom. The Morgan fingerprint density at radius 1 is 1.41 bits per heavy atom. The Bertz CT molecular complexity index is 633. The first kappa shape index (κ1) is 16.9. The van der Waals surface area contributed by atoms with Gasteiger partial charge < -0.3 is 9.64 Å². The highest BCUT2D eigenvalue weighted by molar-refractivity contribution is 7.88. The Labute approximate surface area is 129 Å². The SMILES string of the molecule is CN(CC(=O)N1CCO[C@H](c2ccc(F)cc2)C1)S(C)(=O)=O. The first-order chi connectivity index (χ1) is 10.3. The molecule has 0 aromatic heterocycles. The minimum atomic E-state index is -3.39. The lowest BCUT2D eigenvalue weighted by Crippen LogP contribution is -2.46. The van der Waals surface area contributed by atoms with Crippen LogP contribution in [0.15, 0.2) is 24.3 Å². The zero-order chi connectivity index (χ0) is 16.3. The molecule has 1 aliphatic heterocycles. The summed E-state index contributed by atoms with van der Waals surface area (Å²) < 4.78 is 42.3. The summed E-state index contributed by atoms with van der Waals surface area (Å²) in [5, 5.41) is 0. The van der Waals surface area contributed by atoms with Gasteiger partial charge in [0.05, 0.1) is 26.0 Å². The Kier molecular flexibility index (Phi) is 5.15. The van der Waals surface area contributed by atoms with Crippen molar-refractivity contribution in [2.75, 3.05) is 39.5 Å². The number of likely N-dealkylation sites (N-methyl/N-ethyl adjacent to an activating group) is 1. The number of hydrogen-bond acceptors (Lipinski definition) is 4. The predicted molar refractivity (Wildman–Crippen MR) is 79.1 cm³/mol. The number of rotatable bonds is 4. The monoisotopic (exact) mass is 330 g/mol. The van der Waals surface area contributed by atoms with Crippen LogP contribution < -0.4 is 0 Å². The van der Waals surface area contributed by atoms with Crippen LogP contribution in [0.2, 0.25) is 0 Å². The lowest BCUT2D eigenvalue weighted by Gasteiger charge is -2.34. The number of sulfonamides is 1. The highest BCUT2D eigenvalue weighted by Crippen LogP contribution is 2.22. The minimum absolute atomic E-state index is 0.199. The molecule has 0 saturated carbocycles. The maximum absolute atomic E-state index is 12.9. The van der Waals surface area contributed by atoms with E-state index in [1.165, 1.54) is 19.2 Å². The van der Waals surface area contributed by atoms with Gasteiger partial charge in [-0.05, 0) is 17.7 Å². The average molecular weight is 330 g/mol. The summed E-state index contributed by atoms with van der Waals surface area (Å²) in [6.07, 6.45) is 0.725. The van der Waals surface area contributed by atoms with E-state index in [2.05, 4.69) is 0 Å². The van der Waals surface area contributed by atoms with Gasteiger partial charge in [-0.15, -0.1) is 0 Å². The summed E-state index contributed by atoms with van der Waals surface area (Å²) in [5.41, 5.74) is 0.787. The number of ether oxygens (including phenoxy) is 1. The fraction of sp³-hybridized carbons (Fsp3) is 0.500. The molecule has 0 N–H and O–H groups in total. The Balaban J connectivity index is 2.01. The van der Waals surface area contributed by atoms with Crippen molar-refractivity contribution in [2.24, 2.45) is 0 Å². The van der Waals surface area contributed by atoms with Gasteiger partial charge in [0, 0.05) is 13.6 Å². The van der Waals surface area contributed by atoms with E-state index in [-0.39, 0.29) is 24.4 Å². The van der Waals surface area contributed by atoms with Crippen LogP contribution in [0.5, 0.6) is 0 Å².